The first-order chi connectivity index (χ1) is 9.18. The lowest BCUT2D eigenvalue weighted by Gasteiger charge is -2.26. The Morgan fingerprint density at radius 2 is 1.95 bits per heavy atom. The molecule has 1 heterocycles. The highest BCUT2D eigenvalue weighted by Crippen LogP contribution is 2.36. The van der Waals surface area contributed by atoms with Crippen LogP contribution in [0.5, 0.6) is 0 Å². The van der Waals surface area contributed by atoms with Gasteiger partial charge < -0.3 is 10.8 Å². The Morgan fingerprint density at radius 1 is 1.21 bits per heavy atom. The summed E-state index contributed by atoms with van der Waals surface area (Å²) in [7, 11) is 0. The number of hydrogen-bond donors (Lipinski definition) is 2. The summed E-state index contributed by atoms with van der Waals surface area (Å²) in [6.07, 6.45) is 8.76. The lowest BCUT2D eigenvalue weighted by atomic mass is 9.90. The molecular formula is C14H21N3O2. The molecule has 0 spiro atoms. The monoisotopic (exact) mass is 263 g/mol. The predicted molar refractivity (Wildman–Crippen MR) is 71.2 cm³/mol. The second-order valence-electron chi connectivity index (χ2n) is 5.75. The maximum absolute atomic E-state index is 11.4. The van der Waals surface area contributed by atoms with Crippen molar-refractivity contribution in [3.05, 3.63) is 17.0 Å². The van der Waals surface area contributed by atoms with Gasteiger partial charge in [-0.15, -0.1) is 0 Å². The molecule has 0 radical (unpaired) electrons. The molecule has 1 fully saturated rings. The van der Waals surface area contributed by atoms with Crippen LogP contribution in [0.15, 0.2) is 0 Å². The number of nitrogens with two attached hydrogens (primary N) is 1. The Bertz CT molecular complexity index is 489. The summed E-state index contributed by atoms with van der Waals surface area (Å²) in [4.78, 5) is 11.4. The third-order valence-corrected chi connectivity index (χ3v) is 4.47. The summed E-state index contributed by atoms with van der Waals surface area (Å²) in [6, 6.07) is 0.216. The highest BCUT2D eigenvalue weighted by atomic mass is 16.4. The maximum Gasteiger partial charge on any atom is 0.356 e. The van der Waals surface area contributed by atoms with E-state index in [1.165, 1.54) is 19.3 Å². The van der Waals surface area contributed by atoms with E-state index in [-0.39, 0.29) is 11.7 Å². The second-order valence-corrected chi connectivity index (χ2v) is 5.75. The van der Waals surface area contributed by atoms with E-state index in [9.17, 15) is 9.90 Å². The van der Waals surface area contributed by atoms with Crippen molar-refractivity contribution in [1.29, 1.82) is 0 Å². The van der Waals surface area contributed by atoms with E-state index in [0.717, 1.165) is 43.4 Å². The molecular weight excluding hydrogens is 242 g/mol. The third kappa shape index (κ3) is 2.16. The van der Waals surface area contributed by atoms with Crippen LogP contribution >= 0.6 is 0 Å². The molecule has 0 aliphatic heterocycles. The third-order valence-electron chi connectivity index (χ3n) is 4.47. The number of rotatable bonds is 2. The highest BCUT2D eigenvalue weighted by Gasteiger charge is 2.31. The molecule has 3 N–H and O–H groups in total. The van der Waals surface area contributed by atoms with Gasteiger partial charge in [-0.25, -0.2) is 4.79 Å². The summed E-state index contributed by atoms with van der Waals surface area (Å²) < 4.78 is 2.00. The van der Waals surface area contributed by atoms with Crippen molar-refractivity contribution in [1.82, 2.24) is 9.78 Å². The van der Waals surface area contributed by atoms with Crippen molar-refractivity contribution in [2.24, 2.45) is 5.73 Å². The number of fused-ring (bicyclic) bond motifs is 1. The van der Waals surface area contributed by atoms with E-state index in [0.29, 0.717) is 6.04 Å². The topological polar surface area (TPSA) is 81.1 Å². The van der Waals surface area contributed by atoms with Gasteiger partial charge in [0.05, 0.1) is 6.04 Å². The van der Waals surface area contributed by atoms with Crippen molar-refractivity contribution < 1.29 is 9.90 Å². The van der Waals surface area contributed by atoms with Crippen molar-refractivity contribution in [2.75, 3.05) is 0 Å². The second kappa shape index (κ2) is 4.96. The van der Waals surface area contributed by atoms with Crippen LogP contribution in [0.3, 0.4) is 0 Å². The Kier molecular flexibility index (Phi) is 3.31. The Labute approximate surface area is 112 Å². The Morgan fingerprint density at radius 3 is 2.63 bits per heavy atom. The van der Waals surface area contributed by atoms with E-state index in [1.54, 1.807) is 0 Å². The molecule has 0 bridgehead atoms. The van der Waals surface area contributed by atoms with E-state index in [1.807, 2.05) is 4.68 Å². The van der Waals surface area contributed by atoms with Gasteiger partial charge in [0.25, 0.3) is 0 Å². The van der Waals surface area contributed by atoms with Gasteiger partial charge in [-0.2, -0.15) is 5.10 Å². The molecule has 0 amide bonds. The van der Waals surface area contributed by atoms with Gasteiger partial charge in [-0.05, 0) is 32.1 Å². The first kappa shape index (κ1) is 12.7. The summed E-state index contributed by atoms with van der Waals surface area (Å²) in [6.45, 7) is 0. The summed E-state index contributed by atoms with van der Waals surface area (Å²) in [5, 5.41) is 13.7. The molecule has 5 heteroatoms. The molecule has 1 unspecified atom stereocenters. The van der Waals surface area contributed by atoms with Crippen LogP contribution in [0, 0.1) is 0 Å². The van der Waals surface area contributed by atoms with Crippen molar-refractivity contribution in [3.63, 3.8) is 0 Å². The minimum Gasteiger partial charge on any atom is -0.476 e. The minimum atomic E-state index is -0.942. The zero-order chi connectivity index (χ0) is 13.4. The molecule has 0 aromatic carbocycles. The van der Waals surface area contributed by atoms with Crippen LogP contribution in [0.4, 0.5) is 0 Å². The van der Waals surface area contributed by atoms with Gasteiger partial charge in [0.2, 0.25) is 0 Å². The van der Waals surface area contributed by atoms with Crippen LogP contribution in [0.2, 0.25) is 0 Å². The number of nitrogens with zero attached hydrogens (tertiary/aromatic N) is 2. The Balaban J connectivity index is 2.04. The predicted octanol–water partition coefficient (Wildman–Crippen LogP) is 2.42. The standard InChI is InChI=1S/C14H21N3O2/c15-10-7-4-8-11-12(10)13(14(18)19)16-17(11)9-5-2-1-3-6-9/h9-10H,1-8,15H2,(H,18,19). The van der Waals surface area contributed by atoms with Crippen LogP contribution in [0.1, 0.15) is 78.8 Å². The lowest BCUT2D eigenvalue weighted by Crippen LogP contribution is -2.22. The van der Waals surface area contributed by atoms with Crippen LogP contribution in [-0.4, -0.2) is 20.9 Å². The Hall–Kier alpha value is -1.36. The molecule has 1 aromatic rings. The summed E-state index contributed by atoms with van der Waals surface area (Å²) >= 11 is 0. The minimum absolute atomic E-state index is 0.160. The zero-order valence-corrected chi connectivity index (χ0v) is 11.1. The van der Waals surface area contributed by atoms with Gasteiger partial charge >= 0.3 is 5.97 Å². The molecule has 104 valence electrons. The largest absolute Gasteiger partial charge is 0.476 e. The molecule has 1 aromatic heterocycles. The summed E-state index contributed by atoms with van der Waals surface area (Å²) in [5.74, 6) is -0.942. The average Bonchev–Trinajstić information content (AvgIpc) is 2.81. The smallest absolute Gasteiger partial charge is 0.356 e. The molecule has 0 saturated heterocycles. The van der Waals surface area contributed by atoms with Crippen LogP contribution < -0.4 is 5.73 Å². The van der Waals surface area contributed by atoms with E-state index in [2.05, 4.69) is 5.10 Å². The first-order valence-electron chi connectivity index (χ1n) is 7.28. The number of aromatic nitrogens is 2. The molecule has 3 rings (SSSR count). The van der Waals surface area contributed by atoms with Crippen LogP contribution in [0.25, 0.3) is 0 Å². The van der Waals surface area contributed by atoms with Crippen molar-refractivity contribution in [2.45, 2.75) is 63.5 Å². The quantitative estimate of drug-likeness (QED) is 0.858. The van der Waals surface area contributed by atoms with Gasteiger partial charge in [0.15, 0.2) is 5.69 Å². The SMILES string of the molecule is NC1CCCc2c1c(C(=O)O)nn2C1CCCCC1. The molecule has 19 heavy (non-hydrogen) atoms. The van der Waals surface area contributed by atoms with Crippen molar-refractivity contribution in [3.8, 4) is 0 Å². The fourth-order valence-corrected chi connectivity index (χ4v) is 3.54. The number of hydrogen-bond acceptors (Lipinski definition) is 3. The molecule has 2 aliphatic carbocycles. The maximum atomic E-state index is 11.4. The summed E-state index contributed by atoms with van der Waals surface area (Å²) in [5.41, 5.74) is 8.18. The zero-order valence-electron chi connectivity index (χ0n) is 11.1. The number of carboxylic acids is 1. The van der Waals surface area contributed by atoms with E-state index in [4.69, 9.17) is 5.73 Å². The number of carbonyl (C=O) groups is 1. The molecule has 1 saturated carbocycles. The number of aromatic carboxylic acids is 1. The fourth-order valence-electron chi connectivity index (χ4n) is 3.54. The van der Waals surface area contributed by atoms with E-state index >= 15 is 0 Å². The van der Waals surface area contributed by atoms with Crippen LogP contribution in [-0.2, 0) is 6.42 Å². The van der Waals surface area contributed by atoms with Crippen molar-refractivity contribution >= 4 is 5.97 Å². The van der Waals surface area contributed by atoms with Gasteiger partial charge in [-0.3, -0.25) is 4.68 Å². The molecule has 5 nitrogen and oxygen atoms in total. The van der Waals surface area contributed by atoms with E-state index < -0.39 is 5.97 Å². The lowest BCUT2D eigenvalue weighted by molar-refractivity contribution is 0.0687. The van der Waals surface area contributed by atoms with Gasteiger partial charge in [-0.1, -0.05) is 19.3 Å². The normalized spacial score (nSPS) is 24.2. The number of carboxylic acid groups (broad SMARTS) is 1. The highest BCUT2D eigenvalue weighted by molar-refractivity contribution is 5.87. The molecule has 2 aliphatic rings. The van der Waals surface area contributed by atoms with Gasteiger partial charge in [0.1, 0.15) is 0 Å². The molecule has 1 atom stereocenters. The fraction of sp³-hybridized carbons (Fsp3) is 0.714. The first-order valence-corrected chi connectivity index (χ1v) is 7.28. The average molecular weight is 263 g/mol. The van der Waals surface area contributed by atoms with Gasteiger partial charge in [0, 0.05) is 17.3 Å².